The minimum atomic E-state index is 0.0948. The predicted molar refractivity (Wildman–Crippen MR) is 105 cm³/mol. The summed E-state index contributed by atoms with van der Waals surface area (Å²) in [6, 6.07) is 11.4. The molecule has 0 saturated heterocycles. The first-order valence-corrected chi connectivity index (χ1v) is 10.2. The number of thioether (sulfide) groups is 1. The second-order valence-corrected chi connectivity index (χ2v) is 8.50. The van der Waals surface area contributed by atoms with Crippen molar-refractivity contribution in [3.63, 3.8) is 0 Å². The van der Waals surface area contributed by atoms with Gasteiger partial charge in [0.2, 0.25) is 0 Å². The smallest absolute Gasteiger partial charge is 0.191 e. The zero-order valence-electron chi connectivity index (χ0n) is 13.7. The van der Waals surface area contributed by atoms with Gasteiger partial charge >= 0.3 is 0 Å². The largest absolute Gasteiger partial charge is 0.497 e. The van der Waals surface area contributed by atoms with Gasteiger partial charge in [-0.25, -0.2) is 0 Å². The molecule has 0 aliphatic heterocycles. The summed E-state index contributed by atoms with van der Waals surface area (Å²) in [7, 11) is 1.64. The van der Waals surface area contributed by atoms with Crippen LogP contribution < -0.4 is 4.74 Å². The van der Waals surface area contributed by atoms with E-state index in [0.29, 0.717) is 5.75 Å². The van der Waals surface area contributed by atoms with E-state index in [1.807, 2.05) is 47.9 Å². The Bertz CT molecular complexity index is 874. The third-order valence-electron chi connectivity index (χ3n) is 3.56. The summed E-state index contributed by atoms with van der Waals surface area (Å²) >= 11 is 6.24. The number of rotatable bonds is 7. The van der Waals surface area contributed by atoms with Gasteiger partial charge in [0, 0.05) is 12.1 Å². The number of halogens is 1. The van der Waals surface area contributed by atoms with Gasteiger partial charge in [0.25, 0.3) is 0 Å². The first-order chi connectivity index (χ1) is 12.1. The zero-order chi connectivity index (χ0) is 17.8. The second-order valence-electron chi connectivity index (χ2n) is 5.09. The Hall–Kier alpha value is -1.64. The maximum atomic E-state index is 12.3. The third kappa shape index (κ3) is 4.13. The maximum absolute atomic E-state index is 12.3. The van der Waals surface area contributed by atoms with Crippen molar-refractivity contribution < 1.29 is 9.53 Å². The van der Waals surface area contributed by atoms with Crippen molar-refractivity contribution in [2.45, 2.75) is 18.6 Å². The van der Waals surface area contributed by atoms with E-state index >= 15 is 0 Å². The van der Waals surface area contributed by atoms with E-state index < -0.39 is 0 Å². The van der Waals surface area contributed by atoms with E-state index in [4.69, 9.17) is 4.74 Å². The molecule has 3 aromatic rings. The summed E-state index contributed by atoms with van der Waals surface area (Å²) in [5.41, 5.74) is 0.968. The molecule has 0 aliphatic carbocycles. The Labute approximate surface area is 162 Å². The first-order valence-electron chi connectivity index (χ1n) is 7.61. The molecule has 25 heavy (non-hydrogen) atoms. The number of benzene rings is 1. The van der Waals surface area contributed by atoms with Gasteiger partial charge in [0.1, 0.15) is 5.75 Å². The van der Waals surface area contributed by atoms with E-state index in [1.165, 1.54) is 23.1 Å². The standard InChI is InChI=1S/C17H16BrN3O2S2/c1-3-21-16(11-4-6-12(23-2)7-5-11)19-20-17(21)24-10-13(22)14-8-9-15(18)25-14/h4-9H,3,10H2,1-2H3. The Morgan fingerprint density at radius 3 is 2.60 bits per heavy atom. The summed E-state index contributed by atoms with van der Waals surface area (Å²) < 4.78 is 8.16. The first kappa shape index (κ1) is 18.2. The van der Waals surface area contributed by atoms with Crippen LogP contribution in [0.4, 0.5) is 0 Å². The number of hydrogen-bond donors (Lipinski definition) is 0. The number of ketones is 1. The molecule has 0 unspecified atom stereocenters. The highest BCUT2D eigenvalue weighted by molar-refractivity contribution is 9.11. The van der Waals surface area contributed by atoms with Crippen molar-refractivity contribution in [3.05, 3.63) is 45.1 Å². The highest BCUT2D eigenvalue weighted by Gasteiger charge is 2.16. The van der Waals surface area contributed by atoms with Crippen LogP contribution in [-0.4, -0.2) is 33.4 Å². The number of carbonyl (C=O) groups excluding carboxylic acids is 1. The van der Waals surface area contributed by atoms with Crippen molar-refractivity contribution >= 4 is 44.8 Å². The average molecular weight is 438 g/mol. The molecule has 0 amide bonds. The number of Topliss-reactive ketones (excluding diaryl/α,β-unsaturated/α-hetero) is 1. The fourth-order valence-corrected chi connectivity index (χ4v) is 4.60. The molecule has 130 valence electrons. The number of ether oxygens (including phenoxy) is 1. The summed E-state index contributed by atoms with van der Waals surface area (Å²) in [6.45, 7) is 2.77. The molecule has 0 bridgehead atoms. The summed E-state index contributed by atoms with van der Waals surface area (Å²) in [5, 5.41) is 9.31. The Morgan fingerprint density at radius 1 is 1.24 bits per heavy atom. The minimum absolute atomic E-state index is 0.0948. The van der Waals surface area contributed by atoms with Gasteiger partial charge in [-0.2, -0.15) is 0 Å². The number of hydrogen-bond acceptors (Lipinski definition) is 6. The molecule has 0 atom stereocenters. The Morgan fingerprint density at radius 2 is 2.00 bits per heavy atom. The average Bonchev–Trinajstić information content (AvgIpc) is 3.25. The lowest BCUT2D eigenvalue weighted by molar-refractivity contribution is 0.102. The van der Waals surface area contributed by atoms with E-state index in [0.717, 1.165) is 37.5 Å². The Balaban J connectivity index is 1.76. The van der Waals surface area contributed by atoms with Crippen molar-refractivity contribution in [2.75, 3.05) is 12.9 Å². The molecule has 2 heterocycles. The van der Waals surface area contributed by atoms with Crippen LogP contribution in [0.1, 0.15) is 16.6 Å². The minimum Gasteiger partial charge on any atom is -0.497 e. The SMILES string of the molecule is CCn1c(SCC(=O)c2ccc(Br)s2)nnc1-c1ccc(OC)cc1. The van der Waals surface area contributed by atoms with Crippen LogP contribution in [0.3, 0.4) is 0 Å². The molecule has 0 N–H and O–H groups in total. The number of aromatic nitrogens is 3. The molecular formula is C17H16BrN3O2S2. The van der Waals surface area contributed by atoms with Gasteiger partial charge in [0.05, 0.1) is 21.5 Å². The number of thiophene rings is 1. The lowest BCUT2D eigenvalue weighted by Crippen LogP contribution is -2.03. The van der Waals surface area contributed by atoms with Gasteiger partial charge in [-0.15, -0.1) is 21.5 Å². The molecule has 3 rings (SSSR count). The fourth-order valence-electron chi connectivity index (χ4n) is 2.30. The van der Waals surface area contributed by atoms with Crippen LogP contribution in [0.25, 0.3) is 11.4 Å². The van der Waals surface area contributed by atoms with E-state index in [9.17, 15) is 4.79 Å². The molecule has 0 fully saturated rings. The molecule has 8 heteroatoms. The van der Waals surface area contributed by atoms with Gasteiger partial charge in [-0.3, -0.25) is 4.79 Å². The van der Waals surface area contributed by atoms with Crippen LogP contribution in [0.15, 0.2) is 45.3 Å². The normalized spacial score (nSPS) is 10.8. The summed E-state index contributed by atoms with van der Waals surface area (Å²) in [6.07, 6.45) is 0. The Kier molecular flexibility index (Phi) is 5.93. The summed E-state index contributed by atoms with van der Waals surface area (Å²) in [5.74, 6) is 2.03. The molecule has 0 saturated carbocycles. The lowest BCUT2D eigenvalue weighted by atomic mass is 10.2. The zero-order valence-corrected chi connectivity index (χ0v) is 16.9. The number of carbonyl (C=O) groups is 1. The monoisotopic (exact) mass is 437 g/mol. The van der Waals surface area contributed by atoms with Crippen molar-refractivity contribution in [1.29, 1.82) is 0 Å². The quantitative estimate of drug-likeness (QED) is 0.393. The number of methoxy groups -OCH3 is 1. The van der Waals surface area contributed by atoms with Crippen molar-refractivity contribution in [2.24, 2.45) is 0 Å². The molecule has 5 nitrogen and oxygen atoms in total. The molecular weight excluding hydrogens is 422 g/mol. The predicted octanol–water partition coefficient (Wildman–Crippen LogP) is 4.77. The van der Waals surface area contributed by atoms with Crippen molar-refractivity contribution in [3.8, 4) is 17.1 Å². The van der Waals surface area contributed by atoms with Gasteiger partial charge in [-0.05, 0) is 59.3 Å². The van der Waals surface area contributed by atoms with Gasteiger partial charge in [-0.1, -0.05) is 11.8 Å². The van der Waals surface area contributed by atoms with Gasteiger partial charge < -0.3 is 9.30 Å². The maximum Gasteiger partial charge on any atom is 0.191 e. The van der Waals surface area contributed by atoms with Crippen LogP contribution in [0.5, 0.6) is 5.75 Å². The molecule has 0 spiro atoms. The van der Waals surface area contributed by atoms with E-state index in [2.05, 4.69) is 26.1 Å². The van der Waals surface area contributed by atoms with Crippen LogP contribution in [0.2, 0.25) is 0 Å². The second kappa shape index (κ2) is 8.16. The highest BCUT2D eigenvalue weighted by atomic mass is 79.9. The van der Waals surface area contributed by atoms with E-state index in [1.54, 1.807) is 7.11 Å². The van der Waals surface area contributed by atoms with Crippen LogP contribution in [-0.2, 0) is 6.54 Å². The highest BCUT2D eigenvalue weighted by Crippen LogP contribution is 2.27. The lowest BCUT2D eigenvalue weighted by Gasteiger charge is -2.07. The van der Waals surface area contributed by atoms with E-state index in [-0.39, 0.29) is 5.78 Å². The van der Waals surface area contributed by atoms with Crippen LogP contribution in [0, 0.1) is 0 Å². The topological polar surface area (TPSA) is 57.0 Å². The molecule has 2 aromatic heterocycles. The van der Waals surface area contributed by atoms with Crippen molar-refractivity contribution in [1.82, 2.24) is 14.8 Å². The van der Waals surface area contributed by atoms with Crippen LogP contribution >= 0.6 is 39.0 Å². The molecule has 0 radical (unpaired) electrons. The molecule has 0 aliphatic rings. The number of nitrogens with zero attached hydrogens (tertiary/aromatic N) is 3. The molecule has 1 aromatic carbocycles. The van der Waals surface area contributed by atoms with Gasteiger partial charge in [0.15, 0.2) is 16.8 Å². The fraction of sp³-hybridized carbons (Fsp3) is 0.235. The summed E-state index contributed by atoms with van der Waals surface area (Å²) in [4.78, 5) is 13.0. The third-order valence-corrected chi connectivity index (χ3v) is 6.19.